The fourth-order valence-corrected chi connectivity index (χ4v) is 5.09. The smallest absolute Gasteiger partial charge is 0.328 e. The van der Waals surface area contributed by atoms with Crippen molar-refractivity contribution in [1.29, 1.82) is 0 Å². The summed E-state index contributed by atoms with van der Waals surface area (Å²) in [4.78, 5) is 24.2. The second kappa shape index (κ2) is 8.48. The van der Waals surface area contributed by atoms with Crippen LogP contribution < -0.4 is 10.6 Å². The van der Waals surface area contributed by atoms with Crippen molar-refractivity contribution in [2.45, 2.75) is 41.8 Å². The van der Waals surface area contributed by atoms with Crippen molar-refractivity contribution in [3.8, 4) is 0 Å². The summed E-state index contributed by atoms with van der Waals surface area (Å²) in [5, 5.41) is 13.4. The van der Waals surface area contributed by atoms with E-state index in [2.05, 4.69) is 20.8 Å². The van der Waals surface area contributed by atoms with Gasteiger partial charge in [0.1, 0.15) is 0 Å². The number of aromatic nitrogens is 3. The molecule has 1 fully saturated rings. The summed E-state index contributed by atoms with van der Waals surface area (Å²) in [5.74, 6) is -0.362. The van der Waals surface area contributed by atoms with Gasteiger partial charge in [0.05, 0.1) is 16.2 Å². The van der Waals surface area contributed by atoms with Crippen molar-refractivity contribution in [3.05, 3.63) is 18.2 Å². The third-order valence-corrected chi connectivity index (χ3v) is 7.77. The molecular formula is C18H22N6O5S2. The van der Waals surface area contributed by atoms with E-state index in [1.165, 1.54) is 26.2 Å². The Bertz CT molecular complexity index is 1240. The third kappa shape index (κ3) is 4.38. The van der Waals surface area contributed by atoms with Crippen molar-refractivity contribution in [2.24, 2.45) is 0 Å². The van der Waals surface area contributed by atoms with Gasteiger partial charge in [-0.05, 0) is 31.0 Å². The summed E-state index contributed by atoms with van der Waals surface area (Å²) >= 11 is 1.07. The molecule has 4 rings (SSSR count). The van der Waals surface area contributed by atoms with E-state index in [0.717, 1.165) is 41.8 Å². The zero-order valence-electron chi connectivity index (χ0n) is 17.0. The highest BCUT2D eigenvalue weighted by Crippen LogP contribution is 2.28. The zero-order chi connectivity index (χ0) is 22.2. The molecule has 2 N–H and O–H groups in total. The quantitative estimate of drug-likeness (QED) is 0.522. The van der Waals surface area contributed by atoms with E-state index in [0.29, 0.717) is 16.3 Å². The van der Waals surface area contributed by atoms with Gasteiger partial charge in [0, 0.05) is 20.1 Å². The van der Waals surface area contributed by atoms with E-state index < -0.39 is 22.0 Å². The molecule has 11 nitrogen and oxygen atoms in total. The van der Waals surface area contributed by atoms with Gasteiger partial charge in [-0.15, -0.1) is 5.10 Å². The molecule has 3 aromatic rings. The van der Waals surface area contributed by atoms with E-state index >= 15 is 0 Å². The van der Waals surface area contributed by atoms with Crippen molar-refractivity contribution in [3.63, 3.8) is 0 Å². The molecule has 0 unspecified atom stereocenters. The molecule has 13 heteroatoms. The van der Waals surface area contributed by atoms with Gasteiger partial charge in [0.15, 0.2) is 10.7 Å². The second-order valence-electron chi connectivity index (χ2n) is 7.41. The lowest BCUT2D eigenvalue weighted by molar-refractivity contribution is -0.117. The second-order valence-corrected chi connectivity index (χ2v) is 10.5. The largest absolute Gasteiger partial charge is 0.422 e. The van der Waals surface area contributed by atoms with Gasteiger partial charge in [-0.1, -0.05) is 29.7 Å². The number of thioether (sulfide) groups is 1. The van der Waals surface area contributed by atoms with Crippen molar-refractivity contribution < 1.29 is 22.4 Å². The molecule has 0 spiro atoms. The topological polar surface area (TPSA) is 139 Å². The molecule has 1 saturated carbocycles. The van der Waals surface area contributed by atoms with Crippen molar-refractivity contribution in [1.82, 2.24) is 29.5 Å². The number of hydrogen-bond acceptors (Lipinski definition) is 8. The number of urea groups is 1. The molecule has 166 valence electrons. The summed E-state index contributed by atoms with van der Waals surface area (Å²) in [6, 6.07) is 4.09. The van der Waals surface area contributed by atoms with Crippen LogP contribution in [0.4, 0.5) is 4.79 Å². The van der Waals surface area contributed by atoms with Crippen LogP contribution in [0.25, 0.3) is 16.9 Å². The van der Waals surface area contributed by atoms with Crippen LogP contribution in [0.2, 0.25) is 0 Å². The molecule has 2 aromatic heterocycles. The predicted molar refractivity (Wildman–Crippen MR) is 113 cm³/mol. The summed E-state index contributed by atoms with van der Waals surface area (Å²) < 4.78 is 33.2. The van der Waals surface area contributed by atoms with Crippen LogP contribution in [0.5, 0.6) is 0 Å². The summed E-state index contributed by atoms with van der Waals surface area (Å²) in [5.41, 5.74) is 0.898. The predicted octanol–water partition coefficient (Wildman–Crippen LogP) is 1.59. The van der Waals surface area contributed by atoms with Crippen molar-refractivity contribution in [2.75, 3.05) is 19.8 Å². The molecule has 0 aliphatic heterocycles. The van der Waals surface area contributed by atoms with Gasteiger partial charge in [-0.25, -0.2) is 21.9 Å². The number of oxazole rings is 1. The van der Waals surface area contributed by atoms with Crippen LogP contribution in [0.3, 0.4) is 0 Å². The fraction of sp³-hybridized carbons (Fsp3) is 0.444. The minimum absolute atomic E-state index is 0.0682. The van der Waals surface area contributed by atoms with Gasteiger partial charge in [-0.2, -0.15) is 0 Å². The van der Waals surface area contributed by atoms with E-state index in [4.69, 9.17) is 4.42 Å². The number of amides is 3. The molecular weight excluding hydrogens is 444 g/mol. The van der Waals surface area contributed by atoms with Gasteiger partial charge in [0.2, 0.25) is 15.9 Å². The van der Waals surface area contributed by atoms with Crippen LogP contribution in [0, 0.1) is 0 Å². The van der Waals surface area contributed by atoms with Crippen LogP contribution in [-0.2, 0) is 14.8 Å². The van der Waals surface area contributed by atoms with E-state index in [-0.39, 0.29) is 22.5 Å². The van der Waals surface area contributed by atoms with E-state index in [1.54, 1.807) is 10.5 Å². The van der Waals surface area contributed by atoms with Crippen LogP contribution >= 0.6 is 11.8 Å². The fourth-order valence-electron chi connectivity index (χ4n) is 3.43. The number of nitrogens with one attached hydrogen (secondary N) is 2. The molecule has 31 heavy (non-hydrogen) atoms. The minimum atomic E-state index is -3.64. The number of rotatable bonds is 6. The Balaban J connectivity index is 1.50. The Morgan fingerprint density at radius 3 is 2.71 bits per heavy atom. The lowest BCUT2D eigenvalue weighted by atomic mass is 10.2. The summed E-state index contributed by atoms with van der Waals surface area (Å²) in [6.45, 7) is 0. The number of carbonyl (C=O) groups is 2. The molecule has 1 aliphatic rings. The highest BCUT2D eigenvalue weighted by Gasteiger charge is 2.22. The average molecular weight is 467 g/mol. The van der Waals surface area contributed by atoms with E-state index in [1.807, 2.05) is 0 Å². The number of imide groups is 1. The van der Waals surface area contributed by atoms with Gasteiger partial charge in [-0.3, -0.25) is 10.1 Å². The lowest BCUT2D eigenvalue weighted by Crippen LogP contribution is -2.44. The Hall–Kier alpha value is -2.64. The van der Waals surface area contributed by atoms with Crippen LogP contribution in [-0.4, -0.2) is 65.1 Å². The molecule has 1 aliphatic carbocycles. The Kier molecular flexibility index (Phi) is 5.90. The van der Waals surface area contributed by atoms with Gasteiger partial charge < -0.3 is 9.73 Å². The SMILES string of the molecule is CN(C)S(=O)(=O)c1ccc2oc3nnc(SCC(=O)NC(=O)NC4CCCC4)n3c2c1. The molecule has 1 aromatic carbocycles. The normalized spacial score (nSPS) is 15.2. The molecule has 0 atom stereocenters. The highest BCUT2D eigenvalue weighted by atomic mass is 32.2. The molecule has 0 radical (unpaired) electrons. The van der Waals surface area contributed by atoms with E-state index in [9.17, 15) is 18.0 Å². The molecule has 0 saturated heterocycles. The summed E-state index contributed by atoms with van der Waals surface area (Å²) in [7, 11) is -0.737. The molecule has 3 amide bonds. The number of benzene rings is 1. The monoisotopic (exact) mass is 466 g/mol. The standard InChI is InChI=1S/C18H22N6O5S2/c1-23(2)31(27,28)12-7-8-14-13(9-12)24-17(29-14)21-22-18(24)30-10-15(25)20-16(26)19-11-5-3-4-6-11/h7-9,11H,3-6,10H2,1-2H3,(H2,19,20,25,26). The maximum absolute atomic E-state index is 12.5. The maximum Gasteiger partial charge on any atom is 0.328 e. The first-order valence-electron chi connectivity index (χ1n) is 9.69. The first kappa shape index (κ1) is 21.6. The number of nitrogens with zero attached hydrogens (tertiary/aromatic N) is 4. The zero-order valence-corrected chi connectivity index (χ0v) is 18.6. The Morgan fingerprint density at radius 1 is 1.26 bits per heavy atom. The first-order valence-corrected chi connectivity index (χ1v) is 12.1. The Labute approximate surface area is 182 Å². The molecule has 2 heterocycles. The maximum atomic E-state index is 12.5. The number of sulfonamides is 1. The third-order valence-electron chi connectivity index (χ3n) is 5.03. The average Bonchev–Trinajstić information content (AvgIpc) is 3.42. The van der Waals surface area contributed by atoms with Crippen LogP contribution in [0.1, 0.15) is 25.7 Å². The highest BCUT2D eigenvalue weighted by molar-refractivity contribution is 7.99. The number of carbonyl (C=O) groups excluding carboxylic acids is 2. The Morgan fingerprint density at radius 2 is 2.00 bits per heavy atom. The number of fused-ring (bicyclic) bond motifs is 3. The van der Waals surface area contributed by atoms with Gasteiger partial charge >= 0.3 is 11.9 Å². The van der Waals surface area contributed by atoms with Crippen LogP contribution in [0.15, 0.2) is 32.7 Å². The summed E-state index contributed by atoms with van der Waals surface area (Å²) in [6.07, 6.45) is 4.00. The van der Waals surface area contributed by atoms with Crippen molar-refractivity contribution >= 4 is 50.7 Å². The first-order chi connectivity index (χ1) is 14.8. The van der Waals surface area contributed by atoms with Gasteiger partial charge in [0.25, 0.3) is 0 Å². The number of hydrogen-bond donors (Lipinski definition) is 2. The lowest BCUT2D eigenvalue weighted by Gasteiger charge is -2.12. The molecule has 0 bridgehead atoms. The minimum Gasteiger partial charge on any atom is -0.422 e.